The van der Waals surface area contributed by atoms with Gasteiger partial charge >= 0.3 is 0 Å². The topological polar surface area (TPSA) is 70.2 Å². The highest BCUT2D eigenvalue weighted by atomic mass is 16.1. The molecule has 0 fully saturated rings. The predicted molar refractivity (Wildman–Crippen MR) is 68.3 cm³/mol. The Morgan fingerprint density at radius 2 is 2.12 bits per heavy atom. The Kier molecular flexibility index (Phi) is 4.68. The van der Waals surface area contributed by atoms with E-state index >= 15 is 0 Å². The minimum Gasteiger partial charge on any atom is -0.373 e. The number of nitrogens with zero attached hydrogens (tertiary/aromatic N) is 3. The molecule has 0 saturated heterocycles. The van der Waals surface area contributed by atoms with Crippen LogP contribution >= 0.6 is 0 Å². The number of rotatable bonds is 5. The van der Waals surface area contributed by atoms with E-state index in [2.05, 4.69) is 20.6 Å². The molecule has 6 nitrogen and oxygen atoms in total. The van der Waals surface area contributed by atoms with E-state index in [1.54, 1.807) is 14.1 Å². The molecule has 1 aromatic rings. The van der Waals surface area contributed by atoms with Gasteiger partial charge in [0.1, 0.15) is 17.5 Å². The van der Waals surface area contributed by atoms with E-state index in [4.69, 9.17) is 0 Å². The van der Waals surface area contributed by atoms with Gasteiger partial charge in [0.25, 0.3) is 0 Å². The monoisotopic (exact) mass is 237 g/mol. The van der Waals surface area contributed by atoms with Gasteiger partial charge in [-0.15, -0.1) is 0 Å². The summed E-state index contributed by atoms with van der Waals surface area (Å²) in [7, 11) is 3.43. The normalized spacial score (nSPS) is 9.88. The minimum absolute atomic E-state index is 0.0332. The fourth-order valence-electron chi connectivity index (χ4n) is 1.45. The molecule has 0 atom stereocenters. The van der Waals surface area contributed by atoms with Crippen molar-refractivity contribution in [3.8, 4) is 0 Å². The highest BCUT2D eigenvalue weighted by molar-refractivity contribution is 5.80. The molecule has 1 rings (SSSR count). The summed E-state index contributed by atoms with van der Waals surface area (Å²) in [5, 5.41) is 5.58. The van der Waals surface area contributed by atoms with Crippen LogP contribution in [0, 0.1) is 6.92 Å². The first-order valence-corrected chi connectivity index (χ1v) is 5.59. The SMILES string of the molecule is CCN(CC(=O)NC)c1cc(NC)nc(C)n1. The summed E-state index contributed by atoms with van der Waals surface area (Å²) < 4.78 is 0. The number of anilines is 2. The van der Waals surface area contributed by atoms with E-state index in [9.17, 15) is 4.79 Å². The number of aromatic nitrogens is 2. The van der Waals surface area contributed by atoms with Crippen molar-refractivity contribution in [2.45, 2.75) is 13.8 Å². The van der Waals surface area contributed by atoms with E-state index in [1.165, 1.54) is 0 Å². The Hall–Kier alpha value is -1.85. The Morgan fingerprint density at radius 1 is 1.41 bits per heavy atom. The number of carbonyl (C=O) groups excluding carboxylic acids is 1. The van der Waals surface area contributed by atoms with Crippen molar-refractivity contribution in [3.05, 3.63) is 11.9 Å². The Balaban J connectivity index is 2.94. The maximum Gasteiger partial charge on any atom is 0.239 e. The van der Waals surface area contributed by atoms with Crippen LogP contribution in [-0.4, -0.2) is 43.1 Å². The van der Waals surface area contributed by atoms with Crippen LogP contribution in [0.4, 0.5) is 11.6 Å². The third kappa shape index (κ3) is 3.58. The van der Waals surface area contributed by atoms with Gasteiger partial charge in [-0.2, -0.15) is 0 Å². The number of aryl methyl sites for hydroxylation is 1. The van der Waals surface area contributed by atoms with Crippen molar-refractivity contribution in [3.63, 3.8) is 0 Å². The van der Waals surface area contributed by atoms with Gasteiger partial charge in [0, 0.05) is 26.7 Å². The largest absolute Gasteiger partial charge is 0.373 e. The Labute approximate surface area is 101 Å². The molecule has 94 valence electrons. The second-order valence-corrected chi connectivity index (χ2v) is 3.60. The highest BCUT2D eigenvalue weighted by Gasteiger charge is 2.11. The Morgan fingerprint density at radius 3 is 2.65 bits per heavy atom. The van der Waals surface area contributed by atoms with E-state index in [0.717, 1.165) is 11.6 Å². The second-order valence-electron chi connectivity index (χ2n) is 3.60. The van der Waals surface area contributed by atoms with Crippen molar-refractivity contribution in [2.75, 3.05) is 37.4 Å². The summed E-state index contributed by atoms with van der Waals surface area (Å²) in [5.74, 6) is 2.16. The lowest BCUT2D eigenvalue weighted by molar-refractivity contribution is -0.119. The molecule has 0 aromatic carbocycles. The zero-order chi connectivity index (χ0) is 12.8. The number of hydrogen-bond donors (Lipinski definition) is 2. The first kappa shape index (κ1) is 13.2. The van der Waals surface area contributed by atoms with Gasteiger partial charge < -0.3 is 15.5 Å². The average Bonchev–Trinajstić information content (AvgIpc) is 2.34. The summed E-state index contributed by atoms with van der Waals surface area (Å²) in [4.78, 5) is 21.8. The molecular formula is C11H19N5O. The van der Waals surface area contributed by atoms with Gasteiger partial charge in [-0.3, -0.25) is 4.79 Å². The molecule has 0 aliphatic rings. The van der Waals surface area contributed by atoms with E-state index in [1.807, 2.05) is 24.8 Å². The van der Waals surface area contributed by atoms with E-state index in [0.29, 0.717) is 18.9 Å². The third-order valence-electron chi connectivity index (χ3n) is 2.40. The second kappa shape index (κ2) is 6.03. The van der Waals surface area contributed by atoms with Crippen molar-refractivity contribution in [1.82, 2.24) is 15.3 Å². The first-order chi connectivity index (χ1) is 8.10. The predicted octanol–water partition coefficient (Wildman–Crippen LogP) is 0.399. The smallest absolute Gasteiger partial charge is 0.239 e. The standard InChI is InChI=1S/C11H19N5O/c1-5-16(7-11(17)13-4)10-6-9(12-3)14-8(2)15-10/h6H,5,7H2,1-4H3,(H,13,17)(H,12,14,15). The fraction of sp³-hybridized carbons (Fsp3) is 0.545. The van der Waals surface area contributed by atoms with Crippen LogP contribution in [0.3, 0.4) is 0 Å². The van der Waals surface area contributed by atoms with Crippen molar-refractivity contribution >= 4 is 17.5 Å². The van der Waals surface area contributed by atoms with E-state index < -0.39 is 0 Å². The van der Waals surface area contributed by atoms with Crippen molar-refractivity contribution in [1.29, 1.82) is 0 Å². The van der Waals surface area contributed by atoms with E-state index in [-0.39, 0.29) is 5.91 Å². The summed E-state index contributed by atoms with van der Waals surface area (Å²) in [6.45, 7) is 4.83. The maximum absolute atomic E-state index is 11.4. The summed E-state index contributed by atoms with van der Waals surface area (Å²) in [6, 6.07) is 1.83. The molecule has 2 N–H and O–H groups in total. The van der Waals surface area contributed by atoms with Crippen LogP contribution in [0.25, 0.3) is 0 Å². The molecule has 0 aliphatic carbocycles. The number of hydrogen-bond acceptors (Lipinski definition) is 5. The molecule has 17 heavy (non-hydrogen) atoms. The molecule has 0 bridgehead atoms. The quantitative estimate of drug-likeness (QED) is 0.775. The Bertz CT molecular complexity index is 393. The van der Waals surface area contributed by atoms with Crippen LogP contribution in [0.1, 0.15) is 12.7 Å². The maximum atomic E-state index is 11.4. The van der Waals surface area contributed by atoms with Gasteiger partial charge in [0.2, 0.25) is 5.91 Å². The number of carbonyl (C=O) groups is 1. The van der Waals surface area contributed by atoms with Gasteiger partial charge in [-0.05, 0) is 13.8 Å². The molecule has 0 unspecified atom stereocenters. The van der Waals surface area contributed by atoms with Gasteiger partial charge in [0.05, 0.1) is 6.54 Å². The fourth-order valence-corrected chi connectivity index (χ4v) is 1.45. The number of amides is 1. The summed E-state index contributed by atoms with van der Waals surface area (Å²) >= 11 is 0. The van der Waals surface area contributed by atoms with Crippen LogP contribution in [-0.2, 0) is 4.79 Å². The lowest BCUT2D eigenvalue weighted by Gasteiger charge is -2.21. The molecule has 1 amide bonds. The molecular weight excluding hydrogens is 218 g/mol. The van der Waals surface area contributed by atoms with Crippen LogP contribution in [0.5, 0.6) is 0 Å². The van der Waals surface area contributed by atoms with Gasteiger partial charge in [-0.25, -0.2) is 9.97 Å². The lowest BCUT2D eigenvalue weighted by atomic mass is 10.4. The summed E-state index contributed by atoms with van der Waals surface area (Å²) in [5.41, 5.74) is 0. The lowest BCUT2D eigenvalue weighted by Crippen LogP contribution is -2.36. The number of nitrogens with one attached hydrogen (secondary N) is 2. The molecule has 0 spiro atoms. The summed E-state index contributed by atoms with van der Waals surface area (Å²) in [6.07, 6.45) is 0. The van der Waals surface area contributed by atoms with Gasteiger partial charge in [0.15, 0.2) is 0 Å². The molecule has 0 saturated carbocycles. The molecule has 6 heteroatoms. The van der Waals surface area contributed by atoms with Gasteiger partial charge in [-0.1, -0.05) is 0 Å². The molecule has 1 aromatic heterocycles. The van der Waals surface area contributed by atoms with Crippen molar-refractivity contribution < 1.29 is 4.79 Å². The highest BCUT2D eigenvalue weighted by Crippen LogP contribution is 2.14. The zero-order valence-electron chi connectivity index (χ0n) is 10.7. The zero-order valence-corrected chi connectivity index (χ0v) is 10.7. The molecule has 0 radical (unpaired) electrons. The van der Waals surface area contributed by atoms with Crippen LogP contribution < -0.4 is 15.5 Å². The molecule has 0 aliphatic heterocycles. The minimum atomic E-state index is -0.0332. The van der Waals surface area contributed by atoms with Crippen molar-refractivity contribution in [2.24, 2.45) is 0 Å². The number of likely N-dealkylation sites (N-methyl/N-ethyl adjacent to an activating group) is 2. The average molecular weight is 237 g/mol. The first-order valence-electron chi connectivity index (χ1n) is 5.59. The molecule has 1 heterocycles. The van der Waals surface area contributed by atoms with Crippen LogP contribution in [0.15, 0.2) is 6.07 Å². The third-order valence-corrected chi connectivity index (χ3v) is 2.40. The van der Waals surface area contributed by atoms with Crippen LogP contribution in [0.2, 0.25) is 0 Å².